The van der Waals surface area contributed by atoms with Crippen LogP contribution in [0.1, 0.15) is 22.3 Å². The fourth-order valence-electron chi connectivity index (χ4n) is 11.2. The predicted octanol–water partition coefficient (Wildman–Crippen LogP) is 23.8. The van der Waals surface area contributed by atoms with E-state index in [1.807, 2.05) is 48.5 Å². The highest BCUT2D eigenvalue weighted by molar-refractivity contribution is 9.93. The first kappa shape index (κ1) is 64.6. The molecule has 12 aromatic carbocycles. The smallest absolute Gasteiger partial charge is 0.194 e. The summed E-state index contributed by atoms with van der Waals surface area (Å²) in [4.78, 5) is 0. The lowest BCUT2D eigenvalue weighted by Gasteiger charge is -2.23. The molecule has 0 aliphatic rings. The zero-order valence-corrected chi connectivity index (χ0v) is 53.6. The molecular weight excluding hydrogens is 1510 g/mol. The van der Waals surface area contributed by atoms with E-state index in [4.69, 9.17) is 0 Å². The van der Waals surface area contributed by atoms with E-state index in [9.17, 15) is 62.9 Å². The lowest BCUT2D eigenvalue weighted by Crippen LogP contribution is -2.03. The standard InChI is InChI=1S/C34H18Br2F6.C34H20F6O2.Br3P/c35-15-25-23(19-11-27(37)33(41)28(38)12-19)9-17-5-1-3-7-21(17)31(25)32-22-8-4-2-6-18(22)10-24(26(32)16-36)20-13-29(39)34(42)30(40)14-20;35-27-11-19(12-28(36)33(27)39)23-9-17-5-1-3-7-21(17)31(25(23)15-41)32-22-8-4-2-6-18(22)10-24(26(32)16-42)20-13-29(37)34(40)30(38)14-20;1-4(2)3/h1-14H,15-16H2;1-14,41-42H,15-16H2;. The monoisotopic (exact) mass is 1540 g/mol. The van der Waals surface area contributed by atoms with Crippen LogP contribution in [0.15, 0.2) is 170 Å². The molecule has 0 amide bonds. The van der Waals surface area contributed by atoms with Crippen molar-refractivity contribution in [1.82, 2.24) is 0 Å². The minimum Gasteiger partial charge on any atom is -0.392 e. The number of benzene rings is 12. The van der Waals surface area contributed by atoms with E-state index in [0.29, 0.717) is 54.9 Å². The van der Waals surface area contributed by atoms with Gasteiger partial charge in [-0.05, 0) is 251 Å². The number of halogens is 17. The first-order valence-electron chi connectivity index (χ1n) is 26.1. The molecule has 0 aliphatic carbocycles. The zero-order chi connectivity index (χ0) is 63.0. The van der Waals surface area contributed by atoms with Crippen LogP contribution in [-0.4, -0.2) is 10.2 Å². The maximum atomic E-state index is 14.4. The molecule has 0 fully saturated rings. The molecule has 88 heavy (non-hydrogen) atoms. The van der Waals surface area contributed by atoms with Crippen LogP contribution >= 0.6 is 82.4 Å². The molecule has 0 spiro atoms. The van der Waals surface area contributed by atoms with E-state index in [1.54, 1.807) is 72.8 Å². The van der Waals surface area contributed by atoms with Gasteiger partial charge in [-0.15, -0.1) is 0 Å². The molecule has 12 aromatic rings. The average Bonchev–Trinajstić information content (AvgIpc) is 0.801. The molecule has 446 valence electrons. The van der Waals surface area contributed by atoms with Crippen molar-refractivity contribution >= 4 is 125 Å². The molecule has 0 heterocycles. The molecule has 12 rings (SSSR count). The molecule has 0 aliphatic heterocycles. The summed E-state index contributed by atoms with van der Waals surface area (Å²) in [6.45, 7) is -1.25. The minimum absolute atomic E-state index is 0.0314. The topological polar surface area (TPSA) is 40.5 Å². The van der Waals surface area contributed by atoms with Gasteiger partial charge < -0.3 is 10.2 Å². The summed E-state index contributed by atoms with van der Waals surface area (Å²) in [6.07, 6.45) is 0. The van der Waals surface area contributed by atoms with E-state index in [-0.39, 0.29) is 59.2 Å². The third kappa shape index (κ3) is 12.6. The minimum atomic E-state index is -1.63. The molecule has 2 nitrogen and oxygen atoms in total. The molecular formula is C68H38Br5F12O2P. The van der Waals surface area contributed by atoms with Crippen molar-refractivity contribution < 1.29 is 62.9 Å². The lowest BCUT2D eigenvalue weighted by atomic mass is 9.81. The molecule has 2 N–H and O–H groups in total. The summed E-state index contributed by atoms with van der Waals surface area (Å²) in [5.41, 5.74) is 5.60. The van der Waals surface area contributed by atoms with Crippen molar-refractivity contribution in [2.45, 2.75) is 23.9 Å². The second-order valence-corrected chi connectivity index (χ2v) is 36.2. The van der Waals surface area contributed by atoms with Crippen LogP contribution in [-0.2, 0) is 23.9 Å². The summed E-state index contributed by atoms with van der Waals surface area (Å²) >= 11 is 16.7. The Morgan fingerprint density at radius 1 is 0.284 bits per heavy atom. The fourth-order valence-corrected chi connectivity index (χ4v) is 12.3. The quantitative estimate of drug-likeness (QED) is 0.0620. The van der Waals surface area contributed by atoms with Crippen LogP contribution < -0.4 is 0 Å². The van der Waals surface area contributed by atoms with Crippen molar-refractivity contribution in [2.75, 3.05) is 0 Å². The maximum absolute atomic E-state index is 14.4. The third-order valence-corrected chi connectivity index (χ3v) is 16.0. The van der Waals surface area contributed by atoms with E-state index < -0.39 is 83.0 Å². The number of alkyl halides is 2. The molecule has 20 heteroatoms. The Morgan fingerprint density at radius 3 is 0.659 bits per heavy atom. The highest BCUT2D eigenvalue weighted by atomic mass is 80.0. The number of rotatable bonds is 10. The Hall–Kier alpha value is -6.41. The van der Waals surface area contributed by atoms with E-state index in [1.165, 1.54) is 0 Å². The van der Waals surface area contributed by atoms with Gasteiger partial charge in [0, 0.05) is 10.7 Å². The van der Waals surface area contributed by atoms with Gasteiger partial charge in [0.05, 0.1) is 13.2 Å². The Kier molecular flexibility index (Phi) is 20.1. The number of fused-ring (bicyclic) bond motifs is 4. The van der Waals surface area contributed by atoms with Crippen LogP contribution in [0.2, 0.25) is 0 Å². The van der Waals surface area contributed by atoms with Crippen molar-refractivity contribution in [2.24, 2.45) is 0 Å². The van der Waals surface area contributed by atoms with Gasteiger partial charge in [0.2, 0.25) is 0 Å². The van der Waals surface area contributed by atoms with E-state index in [0.717, 1.165) is 81.2 Å². The summed E-state index contributed by atoms with van der Waals surface area (Å²) in [7, 11) is 0. The Morgan fingerprint density at radius 2 is 0.466 bits per heavy atom. The van der Waals surface area contributed by atoms with E-state index >= 15 is 0 Å². The lowest BCUT2D eigenvalue weighted by molar-refractivity contribution is 0.281. The molecule has 0 bridgehead atoms. The third-order valence-electron chi connectivity index (χ3n) is 14.9. The van der Waals surface area contributed by atoms with Gasteiger partial charge in [-0.1, -0.05) is 129 Å². The van der Waals surface area contributed by atoms with Crippen LogP contribution in [0.4, 0.5) is 52.7 Å². The maximum Gasteiger partial charge on any atom is 0.194 e. The van der Waals surface area contributed by atoms with Crippen LogP contribution in [0.5, 0.6) is 0 Å². The zero-order valence-electron chi connectivity index (χ0n) is 44.8. The van der Waals surface area contributed by atoms with Crippen LogP contribution in [0, 0.1) is 69.8 Å². The Bertz CT molecular complexity index is 4060. The van der Waals surface area contributed by atoms with Crippen LogP contribution in [0.3, 0.4) is 0 Å². The number of aliphatic hydroxyl groups is 2. The number of aliphatic hydroxyl groups excluding tert-OH is 2. The molecule has 0 saturated carbocycles. The van der Waals surface area contributed by atoms with Crippen LogP contribution in [0.25, 0.3) is 110 Å². The first-order chi connectivity index (χ1) is 42.2. The number of hydrogen-bond donors (Lipinski definition) is 2. The van der Waals surface area contributed by atoms with Gasteiger partial charge in [0.15, 0.2) is 69.8 Å². The average molecular weight is 1550 g/mol. The normalized spacial score (nSPS) is 11.4. The molecule has 0 atom stereocenters. The molecule has 0 radical (unpaired) electrons. The van der Waals surface area contributed by atoms with E-state index in [2.05, 4.69) is 78.3 Å². The first-order valence-corrected chi connectivity index (χ1v) is 35.7. The van der Waals surface area contributed by atoms with Gasteiger partial charge in [-0.25, -0.2) is 52.7 Å². The second-order valence-electron chi connectivity index (χ2n) is 19.8. The number of hydrogen-bond acceptors (Lipinski definition) is 2. The molecule has 0 aromatic heterocycles. The van der Waals surface area contributed by atoms with Gasteiger partial charge in [0.1, 0.15) is 4.03 Å². The van der Waals surface area contributed by atoms with Gasteiger partial charge >= 0.3 is 0 Å². The summed E-state index contributed by atoms with van der Waals surface area (Å²) in [5, 5.41) is 27.5. The Labute approximate surface area is 536 Å². The largest absolute Gasteiger partial charge is 0.392 e. The van der Waals surface area contributed by atoms with Gasteiger partial charge in [0.25, 0.3) is 0 Å². The highest BCUT2D eigenvalue weighted by Gasteiger charge is 2.28. The van der Waals surface area contributed by atoms with Crippen molar-refractivity contribution in [3.63, 3.8) is 0 Å². The SMILES string of the molecule is BrP(Br)Br.Fc1cc(-c2cc3ccccc3c(-c3c(CBr)c(-c4cc(F)c(F)c(F)c4)cc4ccccc34)c2CBr)cc(F)c1F.OCc1c(-c2cc(F)c(F)c(F)c2)cc2ccccc2c1-c1c(CO)c(-c2cc(F)c(F)c(F)c2)cc2ccccc12. The fraction of sp³-hybridized carbons (Fsp3) is 0.0588. The van der Waals surface area contributed by atoms with Crippen molar-refractivity contribution in [3.05, 3.63) is 262 Å². The van der Waals surface area contributed by atoms with Crippen molar-refractivity contribution in [1.29, 1.82) is 0 Å². The van der Waals surface area contributed by atoms with Gasteiger partial charge in [-0.2, -0.15) is 0 Å². The molecule has 0 unspecified atom stereocenters. The summed E-state index contributed by atoms with van der Waals surface area (Å²) < 4.78 is 171. The summed E-state index contributed by atoms with van der Waals surface area (Å²) in [6, 6.07) is 43.0. The second kappa shape index (κ2) is 27.4. The highest BCUT2D eigenvalue weighted by Crippen LogP contribution is 2.59. The molecule has 0 saturated heterocycles. The Balaban J connectivity index is 0.000000183. The summed E-state index contributed by atoms with van der Waals surface area (Å²) in [5.74, 6) is -17.3. The van der Waals surface area contributed by atoms with Crippen molar-refractivity contribution in [3.8, 4) is 66.8 Å². The predicted molar refractivity (Wildman–Crippen MR) is 346 cm³/mol. The van der Waals surface area contributed by atoms with Gasteiger partial charge in [-0.3, -0.25) is 0 Å².